The summed E-state index contributed by atoms with van der Waals surface area (Å²) in [6.07, 6.45) is 0. The van der Waals surface area contributed by atoms with Gasteiger partial charge < -0.3 is 11.1 Å². The van der Waals surface area contributed by atoms with Crippen LogP contribution in [-0.4, -0.2) is 26.6 Å². The number of halogens is 2. The molecule has 2 aromatic carbocycles. The molecule has 0 bridgehead atoms. The number of pyridine rings is 1. The molecule has 0 fully saturated rings. The van der Waals surface area contributed by atoms with Gasteiger partial charge in [0.1, 0.15) is 5.69 Å². The fourth-order valence-electron chi connectivity index (χ4n) is 3.68. The van der Waals surface area contributed by atoms with Gasteiger partial charge in [0.15, 0.2) is 11.6 Å². The van der Waals surface area contributed by atoms with Crippen LogP contribution >= 0.6 is 0 Å². The van der Waals surface area contributed by atoms with Gasteiger partial charge in [-0.15, -0.1) is 0 Å². The average Bonchev–Trinajstić information content (AvgIpc) is 3.06. The third-order valence-electron chi connectivity index (χ3n) is 5.43. The Labute approximate surface area is 192 Å². The molecule has 0 atom stereocenters. The number of fused-ring (bicyclic) bond motifs is 1. The van der Waals surface area contributed by atoms with Crippen molar-refractivity contribution in [2.24, 2.45) is 5.73 Å². The predicted octanol–water partition coefficient (Wildman–Crippen LogP) is 3.60. The Kier molecular flexibility index (Phi) is 5.77. The van der Waals surface area contributed by atoms with E-state index in [-0.39, 0.29) is 22.2 Å². The molecule has 0 aliphatic carbocycles. The normalized spacial score (nSPS) is 10.8. The van der Waals surface area contributed by atoms with E-state index in [9.17, 15) is 23.6 Å². The van der Waals surface area contributed by atoms with Crippen LogP contribution in [0.3, 0.4) is 0 Å². The highest BCUT2D eigenvalue weighted by Crippen LogP contribution is 2.25. The molecular formula is C24H18F2N6O2. The summed E-state index contributed by atoms with van der Waals surface area (Å²) in [6.45, 7) is 3.78. The number of anilines is 1. The summed E-state index contributed by atoms with van der Waals surface area (Å²) in [6, 6.07) is 12.0. The smallest absolute Gasteiger partial charge is 0.274 e. The van der Waals surface area contributed by atoms with E-state index in [0.717, 1.165) is 23.8 Å². The van der Waals surface area contributed by atoms with Crippen molar-refractivity contribution in [3.8, 4) is 6.07 Å². The number of hydrogen-bond acceptors (Lipinski definition) is 5. The fraction of sp³-hybridized carbons (Fsp3) is 0.125. The second kappa shape index (κ2) is 8.71. The fourth-order valence-corrected chi connectivity index (χ4v) is 3.68. The van der Waals surface area contributed by atoms with Gasteiger partial charge in [0.2, 0.25) is 5.91 Å². The topological polar surface area (TPSA) is 127 Å². The molecule has 0 saturated heterocycles. The van der Waals surface area contributed by atoms with E-state index in [1.165, 1.54) is 0 Å². The maximum absolute atomic E-state index is 13.7. The molecule has 0 radical (unpaired) electrons. The molecule has 0 unspecified atom stereocenters. The number of rotatable bonds is 5. The summed E-state index contributed by atoms with van der Waals surface area (Å²) in [5.74, 6) is -3.93. The number of amides is 2. The SMILES string of the molecule is Cc1nn(Cc2ccccc2C#N)c(C)c1NC(=O)c1cc(C(N)=O)c2cc(F)c(F)cc2n1. The number of carbonyl (C=O) groups is 2. The molecular weight excluding hydrogens is 442 g/mol. The second-order valence-electron chi connectivity index (χ2n) is 7.63. The number of aryl methyl sites for hydroxylation is 1. The van der Waals surface area contributed by atoms with Crippen molar-refractivity contribution in [1.29, 1.82) is 5.26 Å². The lowest BCUT2D eigenvalue weighted by molar-refractivity contribution is 0.100. The molecule has 10 heteroatoms. The lowest BCUT2D eigenvalue weighted by Crippen LogP contribution is -2.18. The summed E-state index contributed by atoms with van der Waals surface area (Å²) in [7, 11) is 0. The van der Waals surface area contributed by atoms with Gasteiger partial charge in [-0.25, -0.2) is 13.8 Å². The number of carbonyl (C=O) groups excluding carboxylic acids is 2. The first kappa shape index (κ1) is 22.5. The standard InChI is InChI=1S/C24H18F2N6O2/c1-12-22(13(2)32(31-12)11-15-6-4-3-5-14(15)10-27)30-24(34)21-8-17(23(28)33)16-7-18(25)19(26)9-20(16)29-21/h3-9H,11H2,1-2H3,(H2,28,33)(H,30,34). The zero-order chi connectivity index (χ0) is 24.6. The molecule has 4 rings (SSSR count). The molecule has 34 heavy (non-hydrogen) atoms. The largest absolute Gasteiger partial charge is 0.366 e. The van der Waals surface area contributed by atoms with E-state index < -0.39 is 23.4 Å². The monoisotopic (exact) mass is 460 g/mol. The van der Waals surface area contributed by atoms with Gasteiger partial charge in [-0.05, 0) is 37.6 Å². The molecule has 2 aromatic heterocycles. The van der Waals surface area contributed by atoms with Crippen molar-refractivity contribution in [3.05, 3.63) is 87.9 Å². The Morgan fingerprint density at radius 2 is 1.85 bits per heavy atom. The minimum atomic E-state index is -1.17. The Bertz CT molecular complexity index is 1520. The number of nitriles is 1. The van der Waals surface area contributed by atoms with Crippen molar-refractivity contribution < 1.29 is 18.4 Å². The Hall–Kier alpha value is -4.65. The number of primary amides is 1. The molecule has 2 heterocycles. The van der Waals surface area contributed by atoms with Crippen LogP contribution in [0.5, 0.6) is 0 Å². The van der Waals surface area contributed by atoms with Gasteiger partial charge in [-0.3, -0.25) is 14.3 Å². The van der Waals surface area contributed by atoms with Crippen LogP contribution in [0.1, 0.15) is 43.4 Å². The molecule has 170 valence electrons. The molecule has 0 aliphatic heterocycles. The lowest BCUT2D eigenvalue weighted by Gasteiger charge is -2.10. The van der Waals surface area contributed by atoms with E-state index >= 15 is 0 Å². The van der Waals surface area contributed by atoms with Crippen LogP contribution in [0.25, 0.3) is 10.9 Å². The first-order valence-electron chi connectivity index (χ1n) is 10.1. The molecule has 4 aromatic rings. The molecule has 0 spiro atoms. The van der Waals surface area contributed by atoms with E-state index in [1.807, 2.05) is 12.1 Å². The number of hydrogen-bond donors (Lipinski definition) is 2. The summed E-state index contributed by atoms with van der Waals surface area (Å²) in [5.41, 5.74) is 7.80. The minimum absolute atomic E-state index is 0.000659. The molecule has 0 aliphatic rings. The van der Waals surface area contributed by atoms with Gasteiger partial charge >= 0.3 is 0 Å². The summed E-state index contributed by atoms with van der Waals surface area (Å²) < 4.78 is 29.1. The van der Waals surface area contributed by atoms with Crippen LogP contribution in [0.2, 0.25) is 0 Å². The van der Waals surface area contributed by atoms with Crippen LogP contribution in [0.15, 0.2) is 42.5 Å². The van der Waals surface area contributed by atoms with Crippen LogP contribution in [0.4, 0.5) is 14.5 Å². The molecule has 0 saturated carbocycles. The maximum Gasteiger partial charge on any atom is 0.274 e. The highest BCUT2D eigenvalue weighted by Gasteiger charge is 2.20. The maximum atomic E-state index is 13.7. The zero-order valence-corrected chi connectivity index (χ0v) is 18.2. The number of nitrogens with two attached hydrogens (primary N) is 1. The highest BCUT2D eigenvalue weighted by molar-refractivity contribution is 6.10. The van der Waals surface area contributed by atoms with Crippen molar-refractivity contribution in [2.75, 3.05) is 5.32 Å². The summed E-state index contributed by atoms with van der Waals surface area (Å²) in [4.78, 5) is 29.0. The number of nitrogens with one attached hydrogen (secondary N) is 1. The zero-order valence-electron chi connectivity index (χ0n) is 18.2. The Morgan fingerprint density at radius 1 is 1.15 bits per heavy atom. The summed E-state index contributed by atoms with van der Waals surface area (Å²) in [5, 5.41) is 16.5. The van der Waals surface area contributed by atoms with E-state index in [4.69, 9.17) is 5.73 Å². The lowest BCUT2D eigenvalue weighted by atomic mass is 10.1. The van der Waals surface area contributed by atoms with Crippen molar-refractivity contribution in [1.82, 2.24) is 14.8 Å². The first-order valence-corrected chi connectivity index (χ1v) is 10.1. The van der Waals surface area contributed by atoms with E-state index in [2.05, 4.69) is 21.5 Å². The van der Waals surface area contributed by atoms with Gasteiger partial charge in [0.25, 0.3) is 5.91 Å². The first-order chi connectivity index (χ1) is 16.2. The number of aromatic nitrogens is 3. The summed E-state index contributed by atoms with van der Waals surface area (Å²) >= 11 is 0. The van der Waals surface area contributed by atoms with E-state index in [0.29, 0.717) is 29.2 Å². The van der Waals surface area contributed by atoms with Gasteiger partial charge in [0, 0.05) is 11.5 Å². The Morgan fingerprint density at radius 3 is 2.56 bits per heavy atom. The van der Waals surface area contributed by atoms with Crippen LogP contribution < -0.4 is 11.1 Å². The van der Waals surface area contributed by atoms with Gasteiger partial charge in [0.05, 0.1) is 46.3 Å². The molecule has 2 amide bonds. The highest BCUT2D eigenvalue weighted by atomic mass is 19.2. The van der Waals surface area contributed by atoms with Crippen molar-refractivity contribution in [2.45, 2.75) is 20.4 Å². The van der Waals surface area contributed by atoms with Gasteiger partial charge in [-0.2, -0.15) is 10.4 Å². The molecule has 8 nitrogen and oxygen atoms in total. The third-order valence-corrected chi connectivity index (χ3v) is 5.43. The predicted molar refractivity (Wildman–Crippen MR) is 120 cm³/mol. The number of nitrogens with zero attached hydrogens (tertiary/aromatic N) is 4. The third kappa shape index (κ3) is 4.06. The van der Waals surface area contributed by atoms with Gasteiger partial charge in [-0.1, -0.05) is 18.2 Å². The second-order valence-corrected chi connectivity index (χ2v) is 7.63. The van der Waals surface area contributed by atoms with Crippen LogP contribution in [0, 0.1) is 36.8 Å². The Balaban J connectivity index is 1.69. The van der Waals surface area contributed by atoms with Crippen LogP contribution in [-0.2, 0) is 6.54 Å². The number of benzene rings is 2. The van der Waals surface area contributed by atoms with E-state index in [1.54, 1.807) is 30.7 Å². The van der Waals surface area contributed by atoms with Crippen molar-refractivity contribution in [3.63, 3.8) is 0 Å². The van der Waals surface area contributed by atoms with Crippen molar-refractivity contribution >= 4 is 28.4 Å². The minimum Gasteiger partial charge on any atom is -0.366 e. The average molecular weight is 460 g/mol. The molecule has 3 N–H and O–H groups in total. The quantitative estimate of drug-likeness (QED) is 0.471.